The molecule has 2 unspecified atom stereocenters. The summed E-state index contributed by atoms with van der Waals surface area (Å²) in [5, 5.41) is 2.83. The van der Waals surface area contributed by atoms with Gasteiger partial charge in [-0.15, -0.1) is 0 Å². The molecule has 0 heterocycles. The van der Waals surface area contributed by atoms with Gasteiger partial charge >= 0.3 is 0 Å². The summed E-state index contributed by atoms with van der Waals surface area (Å²) in [7, 11) is 0. The largest absolute Gasteiger partial charge is 0.324 e. The molecule has 0 fully saturated rings. The standard InChI is InChI=1S/C14H5Br9N2O2/c15-5-1-3-6(4-2-5)24-11(26)13(20)9(18)7(16)8(17)10(19)14(13,21)12(27)25(22)23/h1-4H,(H,24,26). The summed E-state index contributed by atoms with van der Waals surface area (Å²) in [5.74, 6) is -0.969. The number of halogens is 9. The van der Waals surface area contributed by atoms with Crippen LogP contribution in [0.4, 0.5) is 5.69 Å². The highest BCUT2D eigenvalue weighted by molar-refractivity contribution is 9.21. The summed E-state index contributed by atoms with van der Waals surface area (Å²) in [4.78, 5) is 26.5. The molecule has 0 spiro atoms. The molecule has 13 heteroatoms. The van der Waals surface area contributed by atoms with Gasteiger partial charge in [0.1, 0.15) is 0 Å². The summed E-state index contributed by atoms with van der Waals surface area (Å²) >= 11 is 30.3. The minimum atomic E-state index is -1.54. The van der Waals surface area contributed by atoms with Crippen LogP contribution in [0.1, 0.15) is 0 Å². The van der Waals surface area contributed by atoms with Crippen LogP contribution in [0.2, 0.25) is 0 Å². The van der Waals surface area contributed by atoms with Gasteiger partial charge in [-0.25, -0.2) is 2.95 Å². The first kappa shape index (κ1) is 25.2. The van der Waals surface area contributed by atoms with Crippen LogP contribution in [0, 0.1) is 0 Å². The minimum Gasteiger partial charge on any atom is -0.324 e. The van der Waals surface area contributed by atoms with Gasteiger partial charge in [0.15, 0.2) is 8.65 Å². The van der Waals surface area contributed by atoms with E-state index in [0.717, 1.165) is 7.42 Å². The van der Waals surface area contributed by atoms with Crippen LogP contribution in [-0.4, -0.2) is 23.4 Å². The first-order valence-corrected chi connectivity index (χ1v) is 13.6. The Bertz CT molecular complexity index is 868. The lowest BCUT2D eigenvalue weighted by atomic mass is 9.86. The van der Waals surface area contributed by atoms with Crippen LogP contribution in [0.5, 0.6) is 0 Å². The highest BCUT2D eigenvalue weighted by Crippen LogP contribution is 2.61. The Labute approximate surface area is 231 Å². The smallest absolute Gasteiger partial charge is 0.267 e. The predicted octanol–water partition coefficient (Wildman–Crippen LogP) is 8.12. The van der Waals surface area contributed by atoms with Crippen LogP contribution in [0.15, 0.2) is 46.7 Å². The number of amides is 2. The number of rotatable bonds is 3. The number of nitrogens with one attached hydrogen (secondary N) is 1. The normalized spacial score (nSPS) is 25.5. The van der Waals surface area contributed by atoms with Crippen LogP contribution in [-0.2, 0) is 9.59 Å². The fourth-order valence-corrected chi connectivity index (χ4v) is 8.78. The van der Waals surface area contributed by atoms with Crippen molar-refractivity contribution in [3.05, 3.63) is 46.7 Å². The molecule has 146 valence electrons. The molecular weight excluding hydrogens is 947 g/mol. The molecule has 1 aromatic carbocycles. The first-order chi connectivity index (χ1) is 12.4. The van der Waals surface area contributed by atoms with E-state index in [2.05, 4.69) is 149 Å². The molecule has 0 aliphatic heterocycles. The number of benzene rings is 1. The quantitative estimate of drug-likeness (QED) is 0.246. The third kappa shape index (κ3) is 4.47. The molecule has 1 N–H and O–H groups in total. The van der Waals surface area contributed by atoms with Gasteiger partial charge in [0.25, 0.3) is 5.91 Å². The monoisotopic (exact) mass is 943 g/mol. The predicted molar refractivity (Wildman–Crippen MR) is 141 cm³/mol. The highest BCUT2D eigenvalue weighted by Gasteiger charge is 2.66. The second-order valence-corrected chi connectivity index (χ2v) is 13.9. The number of hydrogen-bond acceptors (Lipinski definition) is 2. The Morgan fingerprint density at radius 2 is 1.26 bits per heavy atom. The molecule has 2 amide bonds. The number of anilines is 1. The maximum absolute atomic E-state index is 13.4. The van der Waals surface area contributed by atoms with E-state index in [1.165, 1.54) is 0 Å². The Morgan fingerprint density at radius 3 is 1.70 bits per heavy atom. The van der Waals surface area contributed by atoms with Crippen molar-refractivity contribution in [1.29, 1.82) is 0 Å². The van der Waals surface area contributed by atoms with Crippen molar-refractivity contribution in [1.82, 2.24) is 2.95 Å². The van der Waals surface area contributed by atoms with Gasteiger partial charge in [-0.2, -0.15) is 0 Å². The van der Waals surface area contributed by atoms with Gasteiger partial charge in [-0.05, 0) is 56.1 Å². The number of carbonyl (C=O) groups excluding carboxylic acids is 2. The van der Waals surface area contributed by atoms with Gasteiger partial charge < -0.3 is 5.32 Å². The van der Waals surface area contributed by atoms with Crippen LogP contribution >= 0.6 is 144 Å². The number of nitrogens with zero attached hydrogens (tertiary/aromatic N) is 1. The van der Waals surface area contributed by atoms with E-state index in [-0.39, 0.29) is 0 Å². The van der Waals surface area contributed by atoms with E-state index in [4.69, 9.17) is 0 Å². The molecule has 0 saturated carbocycles. The molecule has 1 aliphatic carbocycles. The van der Waals surface area contributed by atoms with Crippen molar-refractivity contribution in [2.24, 2.45) is 0 Å². The molecule has 1 aliphatic rings. The maximum Gasteiger partial charge on any atom is 0.267 e. The van der Waals surface area contributed by atoms with E-state index in [1.54, 1.807) is 24.3 Å². The van der Waals surface area contributed by atoms with Crippen molar-refractivity contribution in [2.75, 3.05) is 5.32 Å². The number of allylic oxidation sites excluding steroid dienone is 2. The zero-order valence-corrected chi connectivity index (χ0v) is 26.7. The van der Waals surface area contributed by atoms with Crippen molar-refractivity contribution in [2.45, 2.75) is 8.65 Å². The third-order valence-electron chi connectivity index (χ3n) is 3.52. The Balaban J connectivity index is 2.65. The zero-order chi connectivity index (χ0) is 20.7. The molecule has 0 bridgehead atoms. The number of alkyl halides is 2. The average molecular weight is 952 g/mol. The van der Waals surface area contributed by atoms with E-state index < -0.39 is 20.5 Å². The maximum atomic E-state index is 13.4. The molecular formula is C14H5Br9N2O2. The van der Waals surface area contributed by atoms with Crippen molar-refractivity contribution >= 4 is 161 Å². The lowest BCUT2D eigenvalue weighted by Crippen LogP contribution is -2.61. The molecule has 0 aromatic heterocycles. The van der Waals surface area contributed by atoms with Gasteiger partial charge in [-0.3, -0.25) is 9.59 Å². The van der Waals surface area contributed by atoms with Gasteiger partial charge in [0.2, 0.25) is 5.91 Å². The molecule has 27 heavy (non-hydrogen) atoms. The van der Waals surface area contributed by atoms with Crippen LogP contribution in [0.25, 0.3) is 0 Å². The van der Waals surface area contributed by atoms with Gasteiger partial charge in [-0.1, -0.05) is 79.6 Å². The second kappa shape index (κ2) is 9.62. The lowest BCUT2D eigenvalue weighted by Gasteiger charge is -2.44. The topological polar surface area (TPSA) is 49.4 Å². The Morgan fingerprint density at radius 1 is 0.815 bits per heavy atom. The Hall–Kier alpha value is 1.96. The number of carbonyl (C=O) groups is 2. The third-order valence-corrected chi connectivity index (χ3v) is 14.1. The molecule has 2 rings (SSSR count). The molecule has 2 atom stereocenters. The molecule has 0 radical (unpaired) electrons. The van der Waals surface area contributed by atoms with Gasteiger partial charge in [0.05, 0.1) is 32.3 Å². The van der Waals surface area contributed by atoms with E-state index in [9.17, 15) is 9.59 Å². The van der Waals surface area contributed by atoms with E-state index in [0.29, 0.717) is 23.6 Å². The average Bonchev–Trinajstić information content (AvgIpc) is 2.64. The summed E-state index contributed by atoms with van der Waals surface area (Å²) < 4.78 is 0.778. The summed E-state index contributed by atoms with van der Waals surface area (Å²) in [6.45, 7) is 0. The second-order valence-electron chi connectivity index (χ2n) is 5.07. The van der Waals surface area contributed by atoms with E-state index in [1.807, 2.05) is 0 Å². The fourth-order valence-electron chi connectivity index (χ4n) is 2.16. The SMILES string of the molecule is O=C(Nc1ccc(Br)cc1)C1(Br)C(Br)=C(Br)C(Br)=C(Br)C1(Br)C(=O)N(Br)Br. The summed E-state index contributed by atoms with van der Waals surface area (Å²) in [5.41, 5.74) is 0.569. The van der Waals surface area contributed by atoms with Gasteiger partial charge in [0, 0.05) is 28.1 Å². The van der Waals surface area contributed by atoms with E-state index >= 15 is 0 Å². The van der Waals surface area contributed by atoms with Crippen LogP contribution in [0.3, 0.4) is 0 Å². The Kier molecular flexibility index (Phi) is 8.99. The molecule has 1 aromatic rings. The molecule has 4 nitrogen and oxygen atoms in total. The van der Waals surface area contributed by atoms with Crippen molar-refractivity contribution in [3.8, 4) is 0 Å². The zero-order valence-electron chi connectivity index (χ0n) is 12.5. The van der Waals surface area contributed by atoms with Crippen LogP contribution < -0.4 is 5.32 Å². The summed E-state index contributed by atoms with van der Waals surface area (Å²) in [6, 6.07) is 7.09. The lowest BCUT2D eigenvalue weighted by molar-refractivity contribution is -0.127. The van der Waals surface area contributed by atoms with Crippen molar-refractivity contribution in [3.63, 3.8) is 0 Å². The minimum absolute atomic E-state index is 0.404. The van der Waals surface area contributed by atoms with Crippen molar-refractivity contribution < 1.29 is 9.59 Å². The molecule has 0 saturated heterocycles. The number of hydrogen-bond donors (Lipinski definition) is 1. The fraction of sp³-hybridized carbons (Fsp3) is 0.143. The summed E-state index contributed by atoms with van der Waals surface area (Å²) in [6.07, 6.45) is 0. The first-order valence-electron chi connectivity index (χ1n) is 6.61. The highest BCUT2D eigenvalue weighted by atomic mass is 79.9.